The number of hydrogen-bond acceptors (Lipinski definition) is 2. The third-order valence-electron chi connectivity index (χ3n) is 3.50. The standard InChI is InChI=1S/C19H21ClN2O2/c1-12-10-14(20)8-9-16(12)22-17(23)13-6-5-7-15(11-13)21-18(24)19(2,3)4/h5-11H,1-4H3,(H,21,24)(H,22,23). The summed E-state index contributed by atoms with van der Waals surface area (Å²) in [6, 6.07) is 12.1. The highest BCUT2D eigenvalue weighted by Gasteiger charge is 2.21. The van der Waals surface area contributed by atoms with Crippen molar-refractivity contribution in [1.29, 1.82) is 0 Å². The van der Waals surface area contributed by atoms with Gasteiger partial charge in [0.1, 0.15) is 0 Å². The van der Waals surface area contributed by atoms with Crippen molar-refractivity contribution in [2.24, 2.45) is 5.41 Å². The first-order chi connectivity index (χ1) is 11.2. The largest absolute Gasteiger partial charge is 0.326 e. The molecule has 0 aromatic heterocycles. The van der Waals surface area contributed by atoms with Gasteiger partial charge in [0.2, 0.25) is 5.91 Å². The summed E-state index contributed by atoms with van der Waals surface area (Å²) in [5, 5.41) is 6.30. The molecular formula is C19H21ClN2O2. The first-order valence-electron chi connectivity index (χ1n) is 7.66. The summed E-state index contributed by atoms with van der Waals surface area (Å²) in [5.74, 6) is -0.346. The zero-order valence-corrected chi connectivity index (χ0v) is 15.0. The van der Waals surface area contributed by atoms with Gasteiger partial charge < -0.3 is 10.6 Å². The minimum absolute atomic E-state index is 0.103. The highest BCUT2D eigenvalue weighted by Crippen LogP contribution is 2.22. The van der Waals surface area contributed by atoms with Crippen LogP contribution in [-0.4, -0.2) is 11.8 Å². The van der Waals surface area contributed by atoms with Crippen molar-refractivity contribution < 1.29 is 9.59 Å². The van der Waals surface area contributed by atoms with Gasteiger partial charge in [-0.3, -0.25) is 9.59 Å². The Hall–Kier alpha value is -2.33. The summed E-state index contributed by atoms with van der Waals surface area (Å²) >= 11 is 5.92. The predicted molar refractivity (Wildman–Crippen MR) is 98.7 cm³/mol. The van der Waals surface area contributed by atoms with E-state index in [9.17, 15) is 9.59 Å². The maximum atomic E-state index is 12.4. The zero-order valence-electron chi connectivity index (χ0n) is 14.2. The predicted octanol–water partition coefficient (Wildman–Crippen LogP) is 4.89. The number of rotatable bonds is 3. The van der Waals surface area contributed by atoms with Crippen molar-refractivity contribution in [3.05, 3.63) is 58.6 Å². The highest BCUT2D eigenvalue weighted by molar-refractivity contribution is 6.30. The molecule has 5 heteroatoms. The lowest BCUT2D eigenvalue weighted by atomic mass is 9.95. The molecular weight excluding hydrogens is 324 g/mol. The van der Waals surface area contributed by atoms with Crippen LogP contribution in [0.1, 0.15) is 36.7 Å². The van der Waals surface area contributed by atoms with E-state index in [-0.39, 0.29) is 11.8 Å². The first kappa shape index (κ1) is 18.0. The minimum Gasteiger partial charge on any atom is -0.326 e. The van der Waals surface area contributed by atoms with Gasteiger partial charge in [0.15, 0.2) is 0 Å². The van der Waals surface area contributed by atoms with Crippen LogP contribution in [0, 0.1) is 12.3 Å². The number of carbonyl (C=O) groups excluding carboxylic acids is 2. The van der Waals surface area contributed by atoms with E-state index in [1.54, 1.807) is 42.5 Å². The van der Waals surface area contributed by atoms with E-state index in [2.05, 4.69) is 10.6 Å². The molecule has 0 aliphatic heterocycles. The molecule has 2 rings (SSSR count). The molecule has 2 amide bonds. The quantitative estimate of drug-likeness (QED) is 0.833. The molecule has 0 fully saturated rings. The molecule has 0 atom stereocenters. The molecule has 2 N–H and O–H groups in total. The van der Waals surface area contributed by atoms with E-state index in [1.807, 2.05) is 27.7 Å². The number of carbonyl (C=O) groups is 2. The SMILES string of the molecule is Cc1cc(Cl)ccc1NC(=O)c1cccc(NC(=O)C(C)(C)C)c1. The Bertz CT molecular complexity index is 779. The molecule has 0 aliphatic carbocycles. The molecule has 24 heavy (non-hydrogen) atoms. The maximum absolute atomic E-state index is 12.4. The molecule has 0 spiro atoms. The Labute approximate surface area is 147 Å². The zero-order chi connectivity index (χ0) is 17.9. The summed E-state index contributed by atoms with van der Waals surface area (Å²) in [7, 11) is 0. The van der Waals surface area contributed by atoms with Gasteiger partial charge in [-0.2, -0.15) is 0 Å². The summed E-state index contributed by atoms with van der Waals surface area (Å²) in [6.45, 7) is 7.38. The molecule has 4 nitrogen and oxygen atoms in total. The van der Waals surface area contributed by atoms with Gasteiger partial charge in [-0.05, 0) is 48.9 Å². The number of benzene rings is 2. The lowest BCUT2D eigenvalue weighted by Gasteiger charge is -2.18. The fourth-order valence-electron chi connectivity index (χ4n) is 2.02. The van der Waals surface area contributed by atoms with Gasteiger partial charge in [0.25, 0.3) is 5.91 Å². The van der Waals surface area contributed by atoms with Gasteiger partial charge in [0, 0.05) is 27.4 Å². The monoisotopic (exact) mass is 344 g/mol. The molecule has 0 radical (unpaired) electrons. The number of halogens is 1. The van der Waals surface area contributed by atoms with Crippen LogP contribution in [0.15, 0.2) is 42.5 Å². The van der Waals surface area contributed by atoms with Crippen molar-refractivity contribution in [3.8, 4) is 0 Å². The van der Waals surface area contributed by atoms with Crippen LogP contribution >= 0.6 is 11.6 Å². The fourth-order valence-corrected chi connectivity index (χ4v) is 2.25. The molecule has 0 saturated carbocycles. The number of hydrogen-bond donors (Lipinski definition) is 2. The molecule has 0 unspecified atom stereocenters. The van der Waals surface area contributed by atoms with E-state index >= 15 is 0 Å². The Kier molecular flexibility index (Phi) is 5.30. The van der Waals surface area contributed by atoms with Crippen LogP contribution in [0.4, 0.5) is 11.4 Å². The highest BCUT2D eigenvalue weighted by atomic mass is 35.5. The number of amides is 2. The Morgan fingerprint density at radius 1 is 1.00 bits per heavy atom. The van der Waals surface area contributed by atoms with Crippen LogP contribution < -0.4 is 10.6 Å². The average Bonchev–Trinajstić information content (AvgIpc) is 2.49. The molecule has 2 aromatic carbocycles. The van der Waals surface area contributed by atoms with Gasteiger partial charge in [-0.25, -0.2) is 0 Å². The molecule has 126 valence electrons. The van der Waals surface area contributed by atoms with Crippen molar-refractivity contribution in [3.63, 3.8) is 0 Å². The molecule has 0 aliphatic rings. The van der Waals surface area contributed by atoms with Gasteiger partial charge in [0.05, 0.1) is 0 Å². The van der Waals surface area contributed by atoms with E-state index in [0.29, 0.717) is 22.0 Å². The smallest absolute Gasteiger partial charge is 0.255 e. The second-order valence-electron chi connectivity index (χ2n) is 6.70. The number of nitrogens with one attached hydrogen (secondary N) is 2. The summed E-state index contributed by atoms with van der Waals surface area (Å²) in [6.07, 6.45) is 0. The first-order valence-corrected chi connectivity index (χ1v) is 8.03. The van der Waals surface area contributed by atoms with Gasteiger partial charge in [-0.1, -0.05) is 38.4 Å². The third kappa shape index (κ3) is 4.59. The van der Waals surface area contributed by atoms with Crippen molar-refractivity contribution >= 4 is 34.8 Å². The number of aryl methyl sites for hydroxylation is 1. The molecule has 0 bridgehead atoms. The molecule has 0 heterocycles. The Balaban J connectivity index is 2.16. The summed E-state index contributed by atoms with van der Waals surface area (Å²) in [4.78, 5) is 24.5. The topological polar surface area (TPSA) is 58.2 Å². The minimum atomic E-state index is -0.501. The second kappa shape index (κ2) is 7.05. The van der Waals surface area contributed by atoms with Crippen molar-refractivity contribution in [2.75, 3.05) is 10.6 Å². The van der Waals surface area contributed by atoms with E-state index in [0.717, 1.165) is 5.56 Å². The average molecular weight is 345 g/mol. The van der Waals surface area contributed by atoms with Crippen LogP contribution in [-0.2, 0) is 4.79 Å². The number of anilines is 2. The van der Waals surface area contributed by atoms with Crippen LogP contribution in [0.25, 0.3) is 0 Å². The van der Waals surface area contributed by atoms with Crippen molar-refractivity contribution in [1.82, 2.24) is 0 Å². The molecule has 0 saturated heterocycles. The van der Waals surface area contributed by atoms with Gasteiger partial charge >= 0.3 is 0 Å². The van der Waals surface area contributed by atoms with Gasteiger partial charge in [-0.15, -0.1) is 0 Å². The normalized spacial score (nSPS) is 11.0. The van der Waals surface area contributed by atoms with Crippen molar-refractivity contribution in [2.45, 2.75) is 27.7 Å². The van der Waals surface area contributed by atoms with E-state index in [4.69, 9.17) is 11.6 Å². The van der Waals surface area contributed by atoms with Crippen LogP contribution in [0.3, 0.4) is 0 Å². The molecule has 2 aromatic rings. The second-order valence-corrected chi connectivity index (χ2v) is 7.13. The maximum Gasteiger partial charge on any atom is 0.255 e. The third-order valence-corrected chi connectivity index (χ3v) is 3.74. The lowest BCUT2D eigenvalue weighted by Crippen LogP contribution is -2.27. The summed E-state index contributed by atoms with van der Waals surface area (Å²) < 4.78 is 0. The van der Waals surface area contributed by atoms with Crippen LogP contribution in [0.5, 0.6) is 0 Å². The van der Waals surface area contributed by atoms with Crippen LogP contribution in [0.2, 0.25) is 5.02 Å². The van der Waals surface area contributed by atoms with E-state index < -0.39 is 5.41 Å². The summed E-state index contributed by atoms with van der Waals surface area (Å²) in [5.41, 5.74) is 2.15. The van der Waals surface area contributed by atoms with E-state index in [1.165, 1.54) is 0 Å². The Morgan fingerprint density at radius 3 is 2.33 bits per heavy atom. The Morgan fingerprint density at radius 2 is 1.71 bits per heavy atom. The lowest BCUT2D eigenvalue weighted by molar-refractivity contribution is -0.123. The fraction of sp³-hybridized carbons (Fsp3) is 0.263.